The molecule has 2 nitrogen and oxygen atoms in total. The van der Waals surface area contributed by atoms with Gasteiger partial charge in [-0.2, -0.15) is 0 Å². The minimum absolute atomic E-state index is 1.10. The third-order valence-corrected chi connectivity index (χ3v) is 9.66. The van der Waals surface area contributed by atoms with E-state index in [1.807, 2.05) is 0 Å². The second kappa shape index (κ2) is 28.9. The monoisotopic (exact) mass is 607 g/mol. The zero-order chi connectivity index (χ0) is 31.2. The molecule has 44 heavy (non-hydrogen) atoms. The molecule has 0 aliphatic heterocycles. The van der Waals surface area contributed by atoms with Gasteiger partial charge in [-0.3, -0.25) is 0 Å². The van der Waals surface area contributed by atoms with Crippen molar-refractivity contribution in [3.05, 3.63) is 53.6 Å². The number of nitrogens with zero attached hydrogens (tertiary/aromatic N) is 2. The summed E-state index contributed by atoms with van der Waals surface area (Å²) in [5.74, 6) is 1.36. The van der Waals surface area contributed by atoms with Crippen molar-refractivity contribution in [2.24, 2.45) is 0 Å². The number of imidazole rings is 1. The summed E-state index contributed by atoms with van der Waals surface area (Å²) in [6, 6.07) is 10.9. The topological polar surface area (TPSA) is 17.8 Å². The molecule has 0 atom stereocenters. The summed E-state index contributed by atoms with van der Waals surface area (Å²) in [7, 11) is 0. The largest absolute Gasteiger partial charge is 0.335 e. The summed E-state index contributed by atoms with van der Waals surface area (Å²) in [4.78, 5) is 5.18. The van der Waals surface area contributed by atoms with Gasteiger partial charge in [-0.25, -0.2) is 4.98 Å². The molecule has 0 bridgehead atoms. The van der Waals surface area contributed by atoms with E-state index in [1.165, 1.54) is 190 Å². The number of aryl methyl sites for hydroxylation is 4. The lowest BCUT2D eigenvalue weighted by atomic mass is 10.0. The van der Waals surface area contributed by atoms with Gasteiger partial charge in [0.2, 0.25) is 0 Å². The van der Waals surface area contributed by atoms with Crippen LogP contribution in [0.5, 0.6) is 0 Å². The molecule has 0 radical (unpaired) electrons. The Labute approximate surface area is 275 Å². The van der Waals surface area contributed by atoms with E-state index in [0.29, 0.717) is 0 Å². The van der Waals surface area contributed by atoms with Crippen molar-refractivity contribution in [2.75, 3.05) is 0 Å². The highest BCUT2D eigenvalue weighted by atomic mass is 15.1. The van der Waals surface area contributed by atoms with Gasteiger partial charge in [0, 0.05) is 19.2 Å². The van der Waals surface area contributed by atoms with Crippen LogP contribution in [-0.4, -0.2) is 9.55 Å². The van der Waals surface area contributed by atoms with Crippen molar-refractivity contribution in [1.82, 2.24) is 9.55 Å². The molecule has 0 saturated heterocycles. The van der Waals surface area contributed by atoms with E-state index < -0.39 is 0 Å². The summed E-state index contributed by atoms with van der Waals surface area (Å²) in [6.07, 6.45) is 43.9. The molecule has 252 valence electrons. The Morgan fingerprint density at radius 2 is 0.864 bits per heavy atom. The predicted molar refractivity (Wildman–Crippen MR) is 196 cm³/mol. The molecule has 0 spiro atoms. The van der Waals surface area contributed by atoms with Gasteiger partial charge in [-0.15, -0.1) is 0 Å². The van der Waals surface area contributed by atoms with Gasteiger partial charge >= 0.3 is 0 Å². The van der Waals surface area contributed by atoms with Crippen LogP contribution in [0.2, 0.25) is 0 Å². The molecule has 1 aromatic carbocycles. The van der Waals surface area contributed by atoms with Crippen LogP contribution in [0.4, 0.5) is 0 Å². The molecule has 0 amide bonds. The Balaban J connectivity index is 1.59. The number of aromatic nitrogens is 2. The van der Waals surface area contributed by atoms with Crippen LogP contribution in [0, 0.1) is 0 Å². The smallest absolute Gasteiger partial charge is 0.108 e. The molecular formula is C42H74N2. The van der Waals surface area contributed by atoms with E-state index in [4.69, 9.17) is 4.98 Å². The molecule has 1 aromatic heterocycles. The average Bonchev–Trinajstić information content (AvgIpc) is 3.43. The fraction of sp³-hybridized carbons (Fsp3) is 0.786. The Morgan fingerprint density at radius 1 is 0.432 bits per heavy atom. The maximum absolute atomic E-state index is 5.18. The molecule has 0 fully saturated rings. The van der Waals surface area contributed by atoms with Crippen molar-refractivity contribution in [2.45, 2.75) is 213 Å². The van der Waals surface area contributed by atoms with Crippen LogP contribution in [0.3, 0.4) is 0 Å². The molecule has 1 heterocycles. The van der Waals surface area contributed by atoms with E-state index in [2.05, 4.69) is 54.9 Å². The first-order chi connectivity index (χ1) is 21.8. The third kappa shape index (κ3) is 21.2. The Morgan fingerprint density at radius 3 is 1.34 bits per heavy atom. The molecule has 2 heteroatoms. The molecular weight excluding hydrogens is 532 g/mol. The standard InChI is InChI=1S/C42H74N2/c1-3-5-7-9-11-13-15-16-17-18-20-22-24-26-31-38-44-39-41(36-32-35-40-33-28-27-29-34-40)43-42(44)37-30-25-23-21-19-14-12-10-8-6-4-2/h27-29,33-34,39H,3-26,30-32,35-38H2,1-2H3. The van der Waals surface area contributed by atoms with Gasteiger partial charge in [0.15, 0.2) is 0 Å². The van der Waals surface area contributed by atoms with Crippen LogP contribution in [-0.2, 0) is 25.8 Å². The minimum Gasteiger partial charge on any atom is -0.335 e. The van der Waals surface area contributed by atoms with Gasteiger partial charge in [0.1, 0.15) is 5.82 Å². The molecule has 2 aromatic rings. The maximum Gasteiger partial charge on any atom is 0.108 e. The molecule has 0 aliphatic rings. The highest BCUT2D eigenvalue weighted by Gasteiger charge is 2.09. The molecule has 0 N–H and O–H groups in total. The van der Waals surface area contributed by atoms with Gasteiger partial charge < -0.3 is 4.57 Å². The van der Waals surface area contributed by atoms with Gasteiger partial charge in [0.25, 0.3) is 0 Å². The SMILES string of the molecule is CCCCCCCCCCCCCCCCCn1cc(CCCc2ccccc2)nc1CCCCCCCCCCCCC. The van der Waals surface area contributed by atoms with Gasteiger partial charge in [-0.05, 0) is 37.7 Å². The van der Waals surface area contributed by atoms with Crippen LogP contribution in [0.25, 0.3) is 0 Å². The summed E-state index contributed by atoms with van der Waals surface area (Å²) < 4.78 is 2.54. The molecule has 0 saturated carbocycles. The lowest BCUT2D eigenvalue weighted by Gasteiger charge is -2.08. The van der Waals surface area contributed by atoms with Crippen molar-refractivity contribution in [3.8, 4) is 0 Å². The highest BCUT2D eigenvalue weighted by molar-refractivity contribution is 5.15. The lowest BCUT2D eigenvalue weighted by Crippen LogP contribution is -2.03. The van der Waals surface area contributed by atoms with Crippen LogP contribution in [0.15, 0.2) is 36.5 Å². The number of hydrogen-bond acceptors (Lipinski definition) is 1. The highest BCUT2D eigenvalue weighted by Crippen LogP contribution is 2.17. The first-order valence-electron chi connectivity index (χ1n) is 19.9. The predicted octanol–water partition coefficient (Wildman–Crippen LogP) is 13.8. The summed E-state index contributed by atoms with van der Waals surface area (Å²) in [6.45, 7) is 5.78. The van der Waals surface area contributed by atoms with E-state index in [0.717, 1.165) is 25.8 Å². The fourth-order valence-corrected chi connectivity index (χ4v) is 6.75. The Bertz CT molecular complexity index is 854. The summed E-state index contributed by atoms with van der Waals surface area (Å²) in [5.41, 5.74) is 2.77. The third-order valence-electron chi connectivity index (χ3n) is 9.66. The quantitative estimate of drug-likeness (QED) is 0.0757. The van der Waals surface area contributed by atoms with Crippen molar-refractivity contribution in [1.29, 1.82) is 0 Å². The molecule has 2 rings (SSSR count). The summed E-state index contributed by atoms with van der Waals surface area (Å²) in [5, 5.41) is 0. The number of rotatable bonds is 32. The van der Waals surface area contributed by atoms with Crippen LogP contribution < -0.4 is 0 Å². The van der Waals surface area contributed by atoms with Crippen LogP contribution in [0.1, 0.15) is 204 Å². The Kier molecular flexibility index (Phi) is 25.3. The van der Waals surface area contributed by atoms with Gasteiger partial charge in [-0.1, -0.05) is 198 Å². The molecule has 0 unspecified atom stereocenters. The van der Waals surface area contributed by atoms with E-state index in [1.54, 1.807) is 0 Å². The van der Waals surface area contributed by atoms with Gasteiger partial charge in [0.05, 0.1) is 5.69 Å². The number of benzene rings is 1. The molecule has 0 aliphatic carbocycles. The zero-order valence-electron chi connectivity index (χ0n) is 29.8. The second-order valence-corrected chi connectivity index (χ2v) is 13.9. The van der Waals surface area contributed by atoms with E-state index in [9.17, 15) is 0 Å². The normalized spacial score (nSPS) is 11.5. The minimum atomic E-state index is 1.10. The first-order valence-corrected chi connectivity index (χ1v) is 19.9. The maximum atomic E-state index is 5.18. The van der Waals surface area contributed by atoms with Crippen molar-refractivity contribution >= 4 is 0 Å². The van der Waals surface area contributed by atoms with E-state index >= 15 is 0 Å². The second-order valence-electron chi connectivity index (χ2n) is 13.9. The zero-order valence-corrected chi connectivity index (χ0v) is 29.8. The lowest BCUT2D eigenvalue weighted by molar-refractivity contribution is 0.514. The van der Waals surface area contributed by atoms with Crippen LogP contribution >= 0.6 is 0 Å². The average molecular weight is 607 g/mol. The van der Waals surface area contributed by atoms with Crippen molar-refractivity contribution < 1.29 is 0 Å². The Hall–Kier alpha value is -1.57. The first kappa shape index (κ1) is 38.6. The number of hydrogen-bond donors (Lipinski definition) is 0. The van der Waals surface area contributed by atoms with E-state index in [-0.39, 0.29) is 0 Å². The van der Waals surface area contributed by atoms with Crippen molar-refractivity contribution in [3.63, 3.8) is 0 Å². The fourth-order valence-electron chi connectivity index (χ4n) is 6.75. The number of unbranched alkanes of at least 4 members (excludes halogenated alkanes) is 24. The summed E-state index contributed by atoms with van der Waals surface area (Å²) >= 11 is 0.